The van der Waals surface area contributed by atoms with Gasteiger partial charge in [-0.3, -0.25) is 9.10 Å². The van der Waals surface area contributed by atoms with Crippen molar-refractivity contribution in [3.8, 4) is 0 Å². The van der Waals surface area contributed by atoms with Crippen molar-refractivity contribution in [1.82, 2.24) is 4.90 Å². The van der Waals surface area contributed by atoms with E-state index in [1.165, 1.54) is 15.3 Å². The van der Waals surface area contributed by atoms with Crippen LogP contribution in [0, 0.1) is 0 Å². The first kappa shape index (κ1) is 20.9. The summed E-state index contributed by atoms with van der Waals surface area (Å²) in [7, 11) is -0.207. The molecule has 0 radical (unpaired) electrons. The zero-order valence-corrected chi connectivity index (χ0v) is 17.6. The number of carbonyl (C=O) groups is 2. The van der Waals surface area contributed by atoms with Crippen molar-refractivity contribution in [2.24, 2.45) is 0 Å². The Kier molecular flexibility index (Phi) is 5.66. The van der Waals surface area contributed by atoms with E-state index in [0.717, 1.165) is 11.8 Å². The summed E-state index contributed by atoms with van der Waals surface area (Å²) in [6.07, 6.45) is 0.610. The number of rotatable bonds is 5. The summed E-state index contributed by atoms with van der Waals surface area (Å²) >= 11 is 0. The minimum absolute atomic E-state index is 0.223. The van der Waals surface area contributed by atoms with Crippen LogP contribution in [0.4, 0.5) is 5.69 Å². The van der Waals surface area contributed by atoms with Crippen LogP contribution in [0.3, 0.4) is 0 Å². The lowest BCUT2D eigenvalue weighted by atomic mass is 10.1. The average Bonchev–Trinajstić information content (AvgIpc) is 3.01. The van der Waals surface area contributed by atoms with Gasteiger partial charge in [-0.15, -0.1) is 0 Å². The van der Waals surface area contributed by atoms with Crippen LogP contribution < -0.4 is 4.31 Å². The van der Waals surface area contributed by atoms with Crippen molar-refractivity contribution in [1.29, 1.82) is 0 Å². The Morgan fingerprint density at radius 3 is 2.38 bits per heavy atom. The van der Waals surface area contributed by atoms with Gasteiger partial charge in [0.1, 0.15) is 0 Å². The largest absolute Gasteiger partial charge is 0.444 e. The average molecular weight is 416 g/mol. The quantitative estimate of drug-likeness (QED) is 0.699. The molecule has 7 nitrogen and oxygen atoms in total. The third kappa shape index (κ3) is 4.27. The van der Waals surface area contributed by atoms with E-state index in [-0.39, 0.29) is 17.5 Å². The number of amides is 1. The van der Waals surface area contributed by atoms with Gasteiger partial charge in [-0.1, -0.05) is 30.3 Å². The predicted molar refractivity (Wildman–Crippen MR) is 110 cm³/mol. The maximum Gasteiger partial charge on any atom is 0.339 e. The summed E-state index contributed by atoms with van der Waals surface area (Å²) in [6.45, 7) is 1.82. The van der Waals surface area contributed by atoms with Crippen molar-refractivity contribution in [2.45, 2.75) is 25.5 Å². The lowest BCUT2D eigenvalue weighted by Crippen LogP contribution is -2.34. The van der Waals surface area contributed by atoms with Crippen molar-refractivity contribution < 1.29 is 22.7 Å². The molecule has 0 aromatic heterocycles. The maximum absolute atomic E-state index is 12.8. The molecule has 0 unspecified atom stereocenters. The minimum atomic E-state index is -3.41. The molecule has 154 valence electrons. The summed E-state index contributed by atoms with van der Waals surface area (Å²) in [4.78, 5) is 26.7. The van der Waals surface area contributed by atoms with Crippen molar-refractivity contribution in [3.05, 3.63) is 65.2 Å². The van der Waals surface area contributed by atoms with E-state index >= 15 is 0 Å². The number of benzene rings is 2. The molecule has 0 fully saturated rings. The number of ether oxygens (including phenoxy) is 1. The molecule has 0 N–H and O–H groups in total. The first-order valence-corrected chi connectivity index (χ1v) is 11.0. The van der Waals surface area contributed by atoms with Gasteiger partial charge in [0.05, 0.1) is 17.5 Å². The zero-order valence-electron chi connectivity index (χ0n) is 16.8. The van der Waals surface area contributed by atoms with E-state index in [9.17, 15) is 18.0 Å². The van der Waals surface area contributed by atoms with E-state index in [1.807, 2.05) is 13.0 Å². The minimum Gasteiger partial charge on any atom is -0.444 e. The highest BCUT2D eigenvalue weighted by Crippen LogP contribution is 2.35. The van der Waals surface area contributed by atoms with Gasteiger partial charge in [0.2, 0.25) is 16.1 Å². The number of hydrogen-bond acceptors (Lipinski definition) is 5. The molecule has 29 heavy (non-hydrogen) atoms. The van der Waals surface area contributed by atoms with Crippen molar-refractivity contribution in [3.63, 3.8) is 0 Å². The molecule has 2 aromatic rings. The Labute approximate surface area is 170 Å². The molecular weight excluding hydrogens is 392 g/mol. The fourth-order valence-electron chi connectivity index (χ4n) is 3.53. The number of hydrogen-bond donors (Lipinski definition) is 0. The van der Waals surface area contributed by atoms with E-state index in [0.29, 0.717) is 17.7 Å². The van der Waals surface area contributed by atoms with Gasteiger partial charge < -0.3 is 9.64 Å². The molecule has 0 saturated heterocycles. The van der Waals surface area contributed by atoms with Gasteiger partial charge in [-0.2, -0.15) is 0 Å². The van der Waals surface area contributed by atoms with Crippen LogP contribution in [0.5, 0.6) is 0 Å². The van der Waals surface area contributed by atoms with Crippen LogP contribution in [-0.2, 0) is 26.0 Å². The van der Waals surface area contributed by atoms with Crippen molar-refractivity contribution in [2.75, 3.05) is 24.7 Å². The maximum atomic E-state index is 12.8. The number of anilines is 1. The molecule has 0 bridgehead atoms. The van der Waals surface area contributed by atoms with E-state index in [4.69, 9.17) is 4.74 Å². The Morgan fingerprint density at radius 2 is 1.79 bits per heavy atom. The molecule has 1 heterocycles. The first-order chi connectivity index (χ1) is 13.6. The summed E-state index contributed by atoms with van der Waals surface area (Å²) in [5.74, 6) is -0.982. The molecule has 1 aliphatic rings. The predicted octanol–water partition coefficient (Wildman–Crippen LogP) is 2.38. The number of likely N-dealkylation sites (N-methyl/N-ethyl adjacent to an activating group) is 1. The Balaban J connectivity index is 1.89. The molecule has 0 saturated carbocycles. The molecule has 2 atom stereocenters. The fourth-order valence-corrected chi connectivity index (χ4v) is 4.80. The SMILES string of the molecule is C[C@H]1Cc2cc(C(=O)O[C@H](C(=O)N(C)C)c3ccccc3)ccc2N1S(C)(=O)=O. The van der Waals surface area contributed by atoms with Crippen molar-refractivity contribution >= 4 is 27.6 Å². The molecule has 1 aliphatic heterocycles. The second-order valence-corrected chi connectivity index (χ2v) is 9.24. The second kappa shape index (κ2) is 7.87. The number of sulfonamides is 1. The lowest BCUT2D eigenvalue weighted by Gasteiger charge is -2.22. The standard InChI is InChI=1S/C21H24N2O5S/c1-14-12-17-13-16(10-11-18(17)23(14)29(4,26)27)21(25)28-19(20(24)22(2)3)15-8-6-5-7-9-15/h5-11,13-14,19H,12H2,1-4H3/t14-,19-/m0/s1. The van der Waals surface area contributed by atoms with Gasteiger partial charge in [0.25, 0.3) is 5.91 Å². The van der Waals surface area contributed by atoms with E-state index < -0.39 is 22.1 Å². The molecule has 8 heteroatoms. The summed E-state index contributed by atoms with van der Waals surface area (Å²) in [5.41, 5.74) is 2.18. The first-order valence-electron chi connectivity index (χ1n) is 9.19. The highest BCUT2D eigenvalue weighted by Gasteiger charge is 2.33. The Hall–Kier alpha value is -2.87. The smallest absolute Gasteiger partial charge is 0.339 e. The van der Waals surface area contributed by atoms with Crippen LogP contribution in [0.1, 0.15) is 34.5 Å². The number of nitrogens with zero attached hydrogens (tertiary/aromatic N) is 2. The number of fused-ring (bicyclic) bond motifs is 1. The van der Waals surface area contributed by atoms with Crippen LogP contribution in [-0.4, -0.2) is 51.6 Å². The van der Waals surface area contributed by atoms with Gasteiger partial charge in [0, 0.05) is 25.7 Å². The third-order valence-corrected chi connectivity index (χ3v) is 6.09. The highest BCUT2D eigenvalue weighted by molar-refractivity contribution is 7.92. The van der Waals surface area contributed by atoms with Crippen LogP contribution >= 0.6 is 0 Å². The monoisotopic (exact) mass is 416 g/mol. The van der Waals surface area contributed by atoms with E-state index in [2.05, 4.69) is 0 Å². The summed E-state index contributed by atoms with van der Waals surface area (Å²) in [5, 5.41) is 0. The fraction of sp³-hybridized carbons (Fsp3) is 0.333. The van der Waals surface area contributed by atoms with Gasteiger partial charge in [-0.05, 0) is 37.1 Å². The third-order valence-electron chi connectivity index (χ3n) is 4.82. The zero-order chi connectivity index (χ0) is 21.3. The Morgan fingerprint density at radius 1 is 1.14 bits per heavy atom. The van der Waals surface area contributed by atoms with Gasteiger partial charge >= 0.3 is 5.97 Å². The molecule has 2 aromatic carbocycles. The van der Waals surface area contributed by atoms with Crippen LogP contribution in [0.2, 0.25) is 0 Å². The second-order valence-electron chi connectivity index (χ2n) is 7.38. The van der Waals surface area contributed by atoms with Gasteiger partial charge in [-0.25, -0.2) is 13.2 Å². The van der Waals surface area contributed by atoms with Crippen LogP contribution in [0.25, 0.3) is 0 Å². The van der Waals surface area contributed by atoms with Gasteiger partial charge in [0.15, 0.2) is 0 Å². The lowest BCUT2D eigenvalue weighted by molar-refractivity contribution is -0.138. The van der Waals surface area contributed by atoms with Crippen LogP contribution in [0.15, 0.2) is 48.5 Å². The molecular formula is C21H24N2O5S. The molecule has 1 amide bonds. The molecule has 0 aliphatic carbocycles. The topological polar surface area (TPSA) is 84.0 Å². The summed E-state index contributed by atoms with van der Waals surface area (Å²) < 4.78 is 31.0. The number of carbonyl (C=O) groups excluding carboxylic acids is 2. The molecule has 3 rings (SSSR count). The Bertz CT molecular complexity index is 1030. The molecule has 0 spiro atoms. The number of esters is 1. The normalized spacial score (nSPS) is 16.8. The highest BCUT2D eigenvalue weighted by atomic mass is 32.2. The summed E-state index contributed by atoms with van der Waals surface area (Å²) in [6, 6.07) is 13.4. The van der Waals surface area contributed by atoms with E-state index in [1.54, 1.807) is 50.5 Å².